The van der Waals surface area contributed by atoms with Crippen LogP contribution in [-0.2, 0) is 9.53 Å². The summed E-state index contributed by atoms with van der Waals surface area (Å²) in [6.45, 7) is 7.23. The number of rotatable bonds is 6. The summed E-state index contributed by atoms with van der Waals surface area (Å²) in [4.78, 5) is 32.5. The average Bonchev–Trinajstić information content (AvgIpc) is 3.34. The number of nitrogens with zero attached hydrogens (tertiary/aromatic N) is 2. The predicted molar refractivity (Wildman–Crippen MR) is 122 cm³/mol. The van der Waals surface area contributed by atoms with E-state index in [1.807, 2.05) is 45.0 Å². The van der Waals surface area contributed by atoms with Crippen molar-refractivity contribution >= 4 is 39.2 Å². The van der Waals surface area contributed by atoms with Gasteiger partial charge in [-0.05, 0) is 50.8 Å². The van der Waals surface area contributed by atoms with Crippen LogP contribution >= 0.6 is 23.1 Å². The molecule has 1 N–H and O–H groups in total. The quantitative estimate of drug-likeness (QED) is 0.464. The number of aryl methyl sites for hydroxylation is 3. The molecule has 1 aromatic carbocycles. The molecule has 0 radical (unpaired) electrons. The molecule has 2 aromatic heterocycles. The van der Waals surface area contributed by atoms with Gasteiger partial charge in [-0.25, -0.2) is 4.98 Å². The van der Waals surface area contributed by atoms with Crippen LogP contribution in [0.3, 0.4) is 0 Å². The molecule has 0 aliphatic carbocycles. The summed E-state index contributed by atoms with van der Waals surface area (Å²) in [5.74, 6) is 0.111. The number of fused-ring (bicyclic) bond motifs is 1. The first kappa shape index (κ1) is 21.1. The third-order valence-corrected chi connectivity index (χ3v) is 7.45. The zero-order valence-electron chi connectivity index (χ0n) is 17.4. The zero-order chi connectivity index (χ0) is 21.3. The van der Waals surface area contributed by atoms with E-state index in [1.165, 1.54) is 23.1 Å². The van der Waals surface area contributed by atoms with Crippen molar-refractivity contribution in [2.24, 2.45) is 0 Å². The SMILES string of the molecule is Cc1ccccc1-n1c(SCC(=O)NC[C@H]2CCCO2)nc2sc(C)c(C)c2c1=O. The third kappa shape index (κ3) is 4.17. The summed E-state index contributed by atoms with van der Waals surface area (Å²) in [6.07, 6.45) is 2.13. The fourth-order valence-electron chi connectivity index (χ4n) is 3.61. The molecule has 30 heavy (non-hydrogen) atoms. The van der Waals surface area contributed by atoms with Crippen LogP contribution in [0.2, 0.25) is 0 Å². The molecule has 0 saturated carbocycles. The van der Waals surface area contributed by atoms with Crippen LogP contribution in [0.1, 0.15) is 28.8 Å². The minimum atomic E-state index is -0.0848. The van der Waals surface area contributed by atoms with Gasteiger partial charge in [0.15, 0.2) is 5.16 Å². The Kier molecular flexibility index (Phi) is 6.26. The number of thioether (sulfide) groups is 1. The van der Waals surface area contributed by atoms with Crippen LogP contribution in [-0.4, -0.2) is 40.5 Å². The maximum atomic E-state index is 13.5. The molecule has 1 amide bonds. The van der Waals surface area contributed by atoms with Gasteiger partial charge < -0.3 is 10.1 Å². The second kappa shape index (κ2) is 8.91. The molecule has 8 heteroatoms. The maximum Gasteiger partial charge on any atom is 0.267 e. The van der Waals surface area contributed by atoms with Crippen molar-refractivity contribution in [1.82, 2.24) is 14.9 Å². The smallest absolute Gasteiger partial charge is 0.267 e. The van der Waals surface area contributed by atoms with Crippen LogP contribution in [0.4, 0.5) is 0 Å². The van der Waals surface area contributed by atoms with Gasteiger partial charge in [0.05, 0.1) is 22.9 Å². The molecule has 0 spiro atoms. The van der Waals surface area contributed by atoms with E-state index in [-0.39, 0.29) is 23.3 Å². The number of para-hydroxylation sites is 1. The number of carbonyl (C=O) groups excluding carboxylic acids is 1. The van der Waals surface area contributed by atoms with Crippen LogP contribution in [0.25, 0.3) is 15.9 Å². The van der Waals surface area contributed by atoms with Gasteiger partial charge in [0.1, 0.15) is 4.83 Å². The molecular formula is C22H25N3O3S2. The van der Waals surface area contributed by atoms with Gasteiger partial charge in [0.2, 0.25) is 5.91 Å². The summed E-state index contributed by atoms with van der Waals surface area (Å²) in [5, 5.41) is 4.13. The van der Waals surface area contributed by atoms with E-state index in [0.717, 1.165) is 46.0 Å². The van der Waals surface area contributed by atoms with Crippen molar-refractivity contribution in [2.75, 3.05) is 18.9 Å². The zero-order valence-corrected chi connectivity index (χ0v) is 19.0. The molecule has 1 saturated heterocycles. The molecule has 3 aromatic rings. The van der Waals surface area contributed by atoms with Gasteiger partial charge in [-0.3, -0.25) is 14.2 Å². The topological polar surface area (TPSA) is 73.2 Å². The van der Waals surface area contributed by atoms with Gasteiger partial charge in [-0.15, -0.1) is 11.3 Å². The molecule has 1 atom stereocenters. The minimum Gasteiger partial charge on any atom is -0.376 e. The van der Waals surface area contributed by atoms with E-state index in [0.29, 0.717) is 17.1 Å². The summed E-state index contributed by atoms with van der Waals surface area (Å²) in [5.41, 5.74) is 2.66. The molecule has 3 heterocycles. The highest BCUT2D eigenvalue weighted by Gasteiger charge is 2.20. The average molecular weight is 444 g/mol. The highest BCUT2D eigenvalue weighted by atomic mass is 32.2. The number of nitrogens with one attached hydrogen (secondary N) is 1. The van der Waals surface area contributed by atoms with Gasteiger partial charge in [0, 0.05) is 18.0 Å². The van der Waals surface area contributed by atoms with Gasteiger partial charge in [-0.2, -0.15) is 0 Å². The summed E-state index contributed by atoms with van der Waals surface area (Å²) < 4.78 is 7.20. The van der Waals surface area contributed by atoms with Gasteiger partial charge in [-0.1, -0.05) is 30.0 Å². The summed E-state index contributed by atoms with van der Waals surface area (Å²) in [6, 6.07) is 7.75. The van der Waals surface area contributed by atoms with Crippen molar-refractivity contribution in [3.63, 3.8) is 0 Å². The Balaban J connectivity index is 1.66. The number of hydrogen-bond donors (Lipinski definition) is 1. The maximum absolute atomic E-state index is 13.5. The first-order valence-corrected chi connectivity index (χ1v) is 11.9. The monoisotopic (exact) mass is 443 g/mol. The molecule has 1 aliphatic rings. The van der Waals surface area contributed by atoms with E-state index in [4.69, 9.17) is 9.72 Å². The number of thiophene rings is 1. The second-order valence-electron chi connectivity index (χ2n) is 7.51. The Labute approximate surface area is 183 Å². The fraction of sp³-hybridized carbons (Fsp3) is 0.409. The lowest BCUT2D eigenvalue weighted by molar-refractivity contribution is -0.119. The lowest BCUT2D eigenvalue weighted by Gasteiger charge is -2.15. The Hall–Kier alpha value is -2.16. The van der Waals surface area contributed by atoms with Gasteiger partial charge in [0.25, 0.3) is 5.56 Å². The van der Waals surface area contributed by atoms with Crippen LogP contribution in [0, 0.1) is 20.8 Å². The molecule has 0 unspecified atom stereocenters. The predicted octanol–water partition coefficient (Wildman–Crippen LogP) is 3.76. The normalized spacial score (nSPS) is 16.3. The summed E-state index contributed by atoms with van der Waals surface area (Å²) in [7, 11) is 0. The van der Waals surface area contributed by atoms with Crippen molar-refractivity contribution in [3.05, 3.63) is 50.6 Å². The van der Waals surface area contributed by atoms with E-state index in [1.54, 1.807) is 4.57 Å². The number of amides is 1. The first-order chi connectivity index (χ1) is 14.5. The Morgan fingerprint density at radius 3 is 2.87 bits per heavy atom. The molecular weight excluding hydrogens is 418 g/mol. The number of aromatic nitrogens is 2. The number of benzene rings is 1. The largest absolute Gasteiger partial charge is 0.376 e. The van der Waals surface area contributed by atoms with Crippen LogP contribution < -0.4 is 10.9 Å². The Bertz CT molecular complexity index is 1150. The molecule has 1 fully saturated rings. The molecule has 1 aliphatic heterocycles. The van der Waals surface area contributed by atoms with E-state index >= 15 is 0 Å². The highest BCUT2D eigenvalue weighted by Crippen LogP contribution is 2.30. The van der Waals surface area contributed by atoms with Crippen molar-refractivity contribution in [1.29, 1.82) is 0 Å². The number of hydrogen-bond acceptors (Lipinski definition) is 6. The summed E-state index contributed by atoms with van der Waals surface area (Å²) >= 11 is 2.81. The van der Waals surface area contributed by atoms with Crippen molar-refractivity contribution < 1.29 is 9.53 Å². The van der Waals surface area contributed by atoms with Crippen molar-refractivity contribution in [3.8, 4) is 5.69 Å². The van der Waals surface area contributed by atoms with E-state index < -0.39 is 0 Å². The molecule has 4 rings (SSSR count). The Morgan fingerprint density at radius 1 is 1.33 bits per heavy atom. The van der Waals surface area contributed by atoms with Crippen molar-refractivity contribution in [2.45, 2.75) is 44.9 Å². The fourth-order valence-corrected chi connectivity index (χ4v) is 5.52. The van der Waals surface area contributed by atoms with E-state index in [2.05, 4.69) is 5.32 Å². The van der Waals surface area contributed by atoms with Crippen LogP contribution in [0.15, 0.2) is 34.2 Å². The second-order valence-corrected chi connectivity index (χ2v) is 9.66. The first-order valence-electron chi connectivity index (χ1n) is 10.1. The third-order valence-electron chi connectivity index (χ3n) is 5.41. The lowest BCUT2D eigenvalue weighted by atomic mass is 10.2. The standard InChI is InChI=1S/C22H25N3O3S2/c1-13-7-4-5-9-17(13)25-21(27)19-14(2)15(3)30-20(19)24-22(25)29-12-18(26)23-11-16-8-6-10-28-16/h4-5,7,9,16H,6,8,10-12H2,1-3H3,(H,23,26)/t16-/m1/s1. The molecule has 158 valence electrons. The van der Waals surface area contributed by atoms with Crippen LogP contribution in [0.5, 0.6) is 0 Å². The number of carbonyl (C=O) groups is 1. The lowest BCUT2D eigenvalue weighted by Crippen LogP contribution is -2.33. The highest BCUT2D eigenvalue weighted by molar-refractivity contribution is 7.99. The van der Waals surface area contributed by atoms with Gasteiger partial charge >= 0.3 is 0 Å². The van der Waals surface area contributed by atoms with E-state index in [9.17, 15) is 9.59 Å². The number of ether oxygens (including phenoxy) is 1. The molecule has 6 nitrogen and oxygen atoms in total. The minimum absolute atomic E-state index is 0.0836. The Morgan fingerprint density at radius 2 is 2.13 bits per heavy atom. The molecule has 0 bridgehead atoms.